The highest BCUT2D eigenvalue weighted by atomic mass is 32.2. The predicted octanol–water partition coefficient (Wildman–Crippen LogP) is 5.66. The van der Waals surface area contributed by atoms with E-state index < -0.39 is 0 Å². The molecule has 0 radical (unpaired) electrons. The molecule has 1 N–H and O–H groups in total. The van der Waals surface area contributed by atoms with Gasteiger partial charge in [0.25, 0.3) is 0 Å². The highest BCUT2D eigenvalue weighted by molar-refractivity contribution is 8.01. The third-order valence-corrected chi connectivity index (χ3v) is 6.59. The number of thioether (sulfide) groups is 1. The molecule has 2 aromatic carbocycles. The molecular weight excluding hydrogens is 402 g/mol. The van der Waals surface area contributed by atoms with E-state index in [0.717, 1.165) is 38.2 Å². The predicted molar refractivity (Wildman–Crippen MR) is 125 cm³/mol. The molecular formula is C22H27N3O2S2. The van der Waals surface area contributed by atoms with Crippen molar-refractivity contribution in [3.05, 3.63) is 42.5 Å². The van der Waals surface area contributed by atoms with Crippen molar-refractivity contribution in [2.45, 2.75) is 38.1 Å². The summed E-state index contributed by atoms with van der Waals surface area (Å²) in [4.78, 5) is 19.2. The molecule has 0 bridgehead atoms. The maximum absolute atomic E-state index is 12.3. The van der Waals surface area contributed by atoms with Crippen LogP contribution in [-0.4, -0.2) is 35.8 Å². The van der Waals surface area contributed by atoms with Gasteiger partial charge in [0.15, 0.2) is 4.34 Å². The summed E-state index contributed by atoms with van der Waals surface area (Å²) in [6, 6.07) is 14.3. The number of anilines is 2. The largest absolute Gasteiger partial charge is 0.494 e. The van der Waals surface area contributed by atoms with Crippen molar-refractivity contribution in [2.24, 2.45) is 0 Å². The van der Waals surface area contributed by atoms with Crippen LogP contribution in [0.1, 0.15) is 27.7 Å². The highest BCUT2D eigenvalue weighted by Gasteiger charge is 2.11. The van der Waals surface area contributed by atoms with Gasteiger partial charge in [-0.15, -0.1) is 11.3 Å². The number of rotatable bonds is 9. The van der Waals surface area contributed by atoms with Crippen LogP contribution < -0.4 is 15.0 Å². The zero-order valence-corrected chi connectivity index (χ0v) is 18.9. The Balaban J connectivity index is 1.56. The van der Waals surface area contributed by atoms with Crippen LogP contribution in [0, 0.1) is 0 Å². The Labute approximate surface area is 180 Å². The van der Waals surface area contributed by atoms with Gasteiger partial charge in [0.2, 0.25) is 5.91 Å². The van der Waals surface area contributed by atoms with Gasteiger partial charge in [-0.2, -0.15) is 0 Å². The van der Waals surface area contributed by atoms with Crippen LogP contribution in [0.3, 0.4) is 0 Å². The molecule has 7 heteroatoms. The Morgan fingerprint density at radius 3 is 2.62 bits per heavy atom. The van der Waals surface area contributed by atoms with Gasteiger partial charge in [-0.05, 0) is 70.2 Å². The second kappa shape index (κ2) is 9.98. The average Bonchev–Trinajstić information content (AvgIpc) is 3.10. The zero-order valence-electron chi connectivity index (χ0n) is 17.3. The van der Waals surface area contributed by atoms with E-state index in [-0.39, 0.29) is 5.91 Å². The molecule has 0 aliphatic rings. The van der Waals surface area contributed by atoms with Crippen LogP contribution in [0.5, 0.6) is 5.75 Å². The summed E-state index contributed by atoms with van der Waals surface area (Å²) in [6.07, 6.45) is 0. The first-order valence-electron chi connectivity index (χ1n) is 9.83. The molecule has 5 nitrogen and oxygen atoms in total. The molecule has 1 amide bonds. The molecule has 0 aliphatic carbocycles. The summed E-state index contributed by atoms with van der Waals surface area (Å²) in [6.45, 7) is 10.1. The van der Waals surface area contributed by atoms with Gasteiger partial charge in [-0.3, -0.25) is 4.79 Å². The third-order valence-electron chi connectivity index (χ3n) is 4.42. The first-order valence-corrected chi connectivity index (χ1v) is 11.6. The molecule has 0 saturated heterocycles. The van der Waals surface area contributed by atoms with Crippen LogP contribution in [0.15, 0.2) is 46.8 Å². The molecule has 0 atom stereocenters. The van der Waals surface area contributed by atoms with Gasteiger partial charge in [0, 0.05) is 24.0 Å². The first-order chi connectivity index (χ1) is 14.0. The van der Waals surface area contributed by atoms with Crippen molar-refractivity contribution in [1.29, 1.82) is 0 Å². The van der Waals surface area contributed by atoms with Gasteiger partial charge < -0.3 is 15.0 Å². The number of benzene rings is 2. The Morgan fingerprint density at radius 1 is 1.21 bits per heavy atom. The minimum atomic E-state index is -0.0341. The number of hydrogen-bond donors (Lipinski definition) is 1. The molecule has 1 aromatic heterocycles. The van der Waals surface area contributed by atoms with Crippen LogP contribution in [0.4, 0.5) is 11.4 Å². The number of carbonyl (C=O) groups excluding carboxylic acids is 1. The molecule has 0 aliphatic heterocycles. The van der Waals surface area contributed by atoms with E-state index in [0.29, 0.717) is 18.4 Å². The number of hydrogen-bond acceptors (Lipinski definition) is 6. The van der Waals surface area contributed by atoms with E-state index in [1.807, 2.05) is 37.3 Å². The number of amides is 1. The van der Waals surface area contributed by atoms with E-state index in [4.69, 9.17) is 4.74 Å². The minimum absolute atomic E-state index is 0.0341. The number of thiazole rings is 1. The number of ether oxygens (including phenoxy) is 1. The summed E-state index contributed by atoms with van der Waals surface area (Å²) in [5.41, 5.74) is 2.91. The fourth-order valence-corrected chi connectivity index (χ4v) is 5.01. The number of aromatic nitrogens is 1. The zero-order chi connectivity index (χ0) is 20.8. The van der Waals surface area contributed by atoms with E-state index in [1.54, 1.807) is 11.3 Å². The summed E-state index contributed by atoms with van der Waals surface area (Å²) >= 11 is 3.04. The molecule has 3 aromatic rings. The molecule has 0 fully saturated rings. The van der Waals surface area contributed by atoms with Gasteiger partial charge in [0.1, 0.15) is 5.75 Å². The normalized spacial score (nSPS) is 11.1. The van der Waals surface area contributed by atoms with Gasteiger partial charge in [-0.25, -0.2) is 4.98 Å². The lowest BCUT2D eigenvalue weighted by atomic mass is 10.2. The number of nitrogens with one attached hydrogen (secondary N) is 1. The Hall–Kier alpha value is -2.25. The van der Waals surface area contributed by atoms with Gasteiger partial charge in [0.05, 0.1) is 22.6 Å². The van der Waals surface area contributed by atoms with E-state index in [1.165, 1.54) is 11.8 Å². The number of fused-ring (bicyclic) bond motifs is 1. The van der Waals surface area contributed by atoms with Crippen molar-refractivity contribution >= 4 is 50.6 Å². The van der Waals surface area contributed by atoms with E-state index >= 15 is 0 Å². The molecule has 29 heavy (non-hydrogen) atoms. The van der Waals surface area contributed by atoms with Crippen molar-refractivity contribution in [2.75, 3.05) is 29.1 Å². The molecule has 3 rings (SSSR count). The summed E-state index contributed by atoms with van der Waals surface area (Å²) in [5, 5.41) is 2.96. The van der Waals surface area contributed by atoms with Crippen molar-refractivity contribution < 1.29 is 9.53 Å². The monoisotopic (exact) mass is 429 g/mol. The van der Waals surface area contributed by atoms with Gasteiger partial charge in [-0.1, -0.05) is 11.8 Å². The van der Waals surface area contributed by atoms with E-state index in [2.05, 4.69) is 48.1 Å². The second-order valence-electron chi connectivity index (χ2n) is 6.81. The van der Waals surface area contributed by atoms with Crippen LogP contribution in [0.2, 0.25) is 0 Å². The van der Waals surface area contributed by atoms with Crippen molar-refractivity contribution in [3.8, 4) is 5.75 Å². The Kier molecular flexibility index (Phi) is 7.39. The number of nitrogens with zero attached hydrogens (tertiary/aromatic N) is 2. The molecule has 154 valence electrons. The first kappa shape index (κ1) is 21.5. The SMILES string of the molecule is CCOc1ccc2nc(SCC(=O)Nc3ccc(N(CC)C(C)C)cc3)sc2c1. The summed E-state index contributed by atoms with van der Waals surface area (Å²) in [7, 11) is 0. The maximum Gasteiger partial charge on any atom is 0.234 e. The van der Waals surface area contributed by atoms with Crippen LogP contribution in [0.25, 0.3) is 10.2 Å². The lowest BCUT2D eigenvalue weighted by Crippen LogP contribution is -2.30. The highest BCUT2D eigenvalue weighted by Crippen LogP contribution is 2.32. The summed E-state index contributed by atoms with van der Waals surface area (Å²) in [5.74, 6) is 1.14. The Bertz CT molecular complexity index is 954. The minimum Gasteiger partial charge on any atom is -0.494 e. The molecule has 0 unspecified atom stereocenters. The number of carbonyl (C=O) groups is 1. The average molecular weight is 430 g/mol. The fourth-order valence-electron chi connectivity index (χ4n) is 3.11. The smallest absolute Gasteiger partial charge is 0.234 e. The topological polar surface area (TPSA) is 54.5 Å². The standard InChI is InChI=1S/C22H27N3O2S2/c1-5-25(15(3)4)17-9-7-16(8-10-17)23-21(26)14-28-22-24-19-12-11-18(27-6-2)13-20(19)29-22/h7-13,15H,5-6,14H2,1-4H3,(H,23,26). The molecule has 0 spiro atoms. The fraction of sp³-hybridized carbons (Fsp3) is 0.364. The quantitative estimate of drug-likeness (QED) is 0.445. The van der Waals surface area contributed by atoms with Gasteiger partial charge >= 0.3 is 0 Å². The lowest BCUT2D eigenvalue weighted by molar-refractivity contribution is -0.113. The molecule has 1 heterocycles. The second-order valence-corrected chi connectivity index (χ2v) is 9.06. The van der Waals surface area contributed by atoms with Crippen LogP contribution in [-0.2, 0) is 4.79 Å². The van der Waals surface area contributed by atoms with E-state index in [9.17, 15) is 4.79 Å². The van der Waals surface area contributed by atoms with Crippen molar-refractivity contribution in [3.63, 3.8) is 0 Å². The Morgan fingerprint density at radius 2 is 1.97 bits per heavy atom. The maximum atomic E-state index is 12.3. The third kappa shape index (κ3) is 5.64. The summed E-state index contributed by atoms with van der Waals surface area (Å²) < 4.78 is 7.49. The lowest BCUT2D eigenvalue weighted by Gasteiger charge is -2.27. The van der Waals surface area contributed by atoms with Crippen molar-refractivity contribution in [1.82, 2.24) is 4.98 Å². The van der Waals surface area contributed by atoms with Crippen LogP contribution >= 0.6 is 23.1 Å². The molecule has 0 saturated carbocycles.